The first-order valence-corrected chi connectivity index (χ1v) is 8.05. The number of rotatable bonds is 5. The molecule has 0 unspecified atom stereocenters. The van der Waals surface area contributed by atoms with Gasteiger partial charge >= 0.3 is 4.87 Å². The third-order valence-electron chi connectivity index (χ3n) is 3.68. The Bertz CT molecular complexity index is 747. The molecule has 2 heterocycles. The fourth-order valence-corrected chi connectivity index (χ4v) is 3.04. The third kappa shape index (κ3) is 3.19. The van der Waals surface area contributed by atoms with Crippen LogP contribution in [0.25, 0.3) is 0 Å². The second-order valence-electron chi connectivity index (χ2n) is 5.18. The molecule has 112 valence electrons. The zero-order valence-electron chi connectivity index (χ0n) is 11.3. The van der Waals surface area contributed by atoms with Crippen LogP contribution in [0.4, 0.5) is 5.69 Å². The zero-order chi connectivity index (χ0) is 14.8. The number of aromatic amines is 1. The van der Waals surface area contributed by atoms with E-state index < -0.39 is 0 Å². The Balaban J connectivity index is 1.77. The minimum atomic E-state index is -0.216. The molecule has 0 spiro atoms. The molecule has 1 aliphatic carbocycles. The summed E-state index contributed by atoms with van der Waals surface area (Å²) in [6, 6.07) is 0. The normalized spacial score (nSPS) is 14.9. The number of nitrogens with zero attached hydrogens (tertiary/aromatic N) is 2. The molecule has 2 N–H and O–H groups in total. The summed E-state index contributed by atoms with van der Waals surface area (Å²) >= 11 is 7.14. The summed E-state index contributed by atoms with van der Waals surface area (Å²) in [6.07, 6.45) is 5.01. The van der Waals surface area contributed by atoms with E-state index in [1.54, 1.807) is 5.38 Å². The number of halogens is 1. The predicted octanol–water partition coefficient (Wildman–Crippen LogP) is 2.06. The molecular weight excluding hydrogens is 312 g/mol. The summed E-state index contributed by atoms with van der Waals surface area (Å²) in [5.74, 6) is 0.539. The quantitative estimate of drug-likeness (QED) is 0.881. The van der Waals surface area contributed by atoms with Crippen molar-refractivity contribution in [3.63, 3.8) is 0 Å². The highest BCUT2D eigenvalue weighted by Crippen LogP contribution is 2.27. The molecule has 0 bridgehead atoms. The first-order valence-electron chi connectivity index (χ1n) is 6.79. The number of H-pyrrole nitrogens is 1. The predicted molar refractivity (Wildman–Crippen MR) is 83.1 cm³/mol. The smallest absolute Gasteiger partial charge is 0.304 e. The Labute approximate surface area is 129 Å². The summed E-state index contributed by atoms with van der Waals surface area (Å²) in [4.78, 5) is 26.0. The van der Waals surface area contributed by atoms with Crippen LogP contribution < -0.4 is 15.7 Å². The van der Waals surface area contributed by atoms with Crippen molar-refractivity contribution in [1.82, 2.24) is 14.8 Å². The summed E-state index contributed by atoms with van der Waals surface area (Å²) in [7, 11) is 0. The highest BCUT2D eigenvalue weighted by molar-refractivity contribution is 7.07. The third-order valence-corrected chi connectivity index (χ3v) is 4.69. The van der Waals surface area contributed by atoms with Crippen molar-refractivity contribution < 1.29 is 0 Å². The van der Waals surface area contributed by atoms with E-state index >= 15 is 0 Å². The SMILES string of the molecule is O=c1[nH]c(CNc2c(Cl)cnn(CC3CCC3)c2=O)cs1. The van der Waals surface area contributed by atoms with Crippen molar-refractivity contribution in [2.75, 3.05) is 5.32 Å². The fourth-order valence-electron chi connectivity index (χ4n) is 2.26. The Kier molecular flexibility index (Phi) is 4.12. The molecule has 21 heavy (non-hydrogen) atoms. The van der Waals surface area contributed by atoms with Crippen molar-refractivity contribution in [3.05, 3.63) is 42.3 Å². The molecule has 3 rings (SSSR count). The number of anilines is 1. The molecule has 0 saturated heterocycles. The molecule has 8 heteroatoms. The summed E-state index contributed by atoms with van der Waals surface area (Å²) in [6.45, 7) is 0.987. The van der Waals surface area contributed by atoms with Crippen LogP contribution in [-0.4, -0.2) is 14.8 Å². The molecule has 2 aromatic heterocycles. The number of thiazole rings is 1. The molecular formula is C13H15ClN4O2S. The highest BCUT2D eigenvalue weighted by atomic mass is 35.5. The Morgan fingerprint density at radius 3 is 2.90 bits per heavy atom. The molecule has 6 nitrogen and oxygen atoms in total. The number of aromatic nitrogens is 3. The molecule has 0 atom stereocenters. The van der Waals surface area contributed by atoms with Crippen LogP contribution in [0, 0.1) is 5.92 Å². The molecule has 2 aromatic rings. The van der Waals surface area contributed by atoms with Gasteiger partial charge in [0, 0.05) is 17.6 Å². The average molecular weight is 327 g/mol. The largest absolute Gasteiger partial charge is 0.374 e. The van der Waals surface area contributed by atoms with Crippen molar-refractivity contribution in [3.8, 4) is 0 Å². The van der Waals surface area contributed by atoms with Crippen LogP contribution in [0.2, 0.25) is 5.02 Å². The maximum absolute atomic E-state index is 12.4. The van der Waals surface area contributed by atoms with Gasteiger partial charge in [-0.2, -0.15) is 5.10 Å². The second kappa shape index (κ2) is 6.03. The highest BCUT2D eigenvalue weighted by Gasteiger charge is 2.20. The molecule has 1 fully saturated rings. The maximum Gasteiger partial charge on any atom is 0.304 e. The number of hydrogen-bond donors (Lipinski definition) is 2. The van der Waals surface area contributed by atoms with Gasteiger partial charge in [-0.1, -0.05) is 29.4 Å². The van der Waals surface area contributed by atoms with Crippen LogP contribution >= 0.6 is 22.9 Å². The Morgan fingerprint density at radius 2 is 2.29 bits per heavy atom. The van der Waals surface area contributed by atoms with Crippen LogP contribution in [0.3, 0.4) is 0 Å². The molecule has 1 aliphatic rings. The van der Waals surface area contributed by atoms with Crippen LogP contribution in [0.15, 0.2) is 21.2 Å². The lowest BCUT2D eigenvalue weighted by atomic mass is 9.85. The van der Waals surface area contributed by atoms with Crippen molar-refractivity contribution in [2.24, 2.45) is 5.92 Å². The fraction of sp³-hybridized carbons (Fsp3) is 0.462. The van der Waals surface area contributed by atoms with Gasteiger partial charge in [0.15, 0.2) is 0 Å². The van der Waals surface area contributed by atoms with Gasteiger partial charge in [0.05, 0.1) is 17.8 Å². The van der Waals surface area contributed by atoms with E-state index in [4.69, 9.17) is 11.6 Å². The van der Waals surface area contributed by atoms with E-state index in [-0.39, 0.29) is 10.4 Å². The first-order chi connectivity index (χ1) is 10.1. The maximum atomic E-state index is 12.4. The summed E-state index contributed by atoms with van der Waals surface area (Å²) in [5.41, 5.74) is 0.841. The zero-order valence-corrected chi connectivity index (χ0v) is 12.8. The lowest BCUT2D eigenvalue weighted by Crippen LogP contribution is -2.30. The van der Waals surface area contributed by atoms with E-state index in [0.29, 0.717) is 29.7 Å². The topological polar surface area (TPSA) is 79.8 Å². The summed E-state index contributed by atoms with van der Waals surface area (Å²) in [5, 5.41) is 9.10. The van der Waals surface area contributed by atoms with Gasteiger partial charge in [-0.3, -0.25) is 9.59 Å². The van der Waals surface area contributed by atoms with Gasteiger partial charge in [0.2, 0.25) is 0 Å². The van der Waals surface area contributed by atoms with Gasteiger partial charge in [-0.15, -0.1) is 0 Å². The monoisotopic (exact) mass is 326 g/mol. The molecule has 0 aliphatic heterocycles. The first kappa shape index (κ1) is 14.3. The second-order valence-corrected chi connectivity index (χ2v) is 6.43. The van der Waals surface area contributed by atoms with E-state index in [2.05, 4.69) is 15.4 Å². The number of hydrogen-bond acceptors (Lipinski definition) is 5. The van der Waals surface area contributed by atoms with Crippen LogP contribution in [0.5, 0.6) is 0 Å². The van der Waals surface area contributed by atoms with Gasteiger partial charge in [-0.05, 0) is 18.8 Å². The average Bonchev–Trinajstić information content (AvgIpc) is 2.81. The molecule has 1 saturated carbocycles. The van der Waals surface area contributed by atoms with Crippen LogP contribution in [-0.2, 0) is 13.1 Å². The van der Waals surface area contributed by atoms with E-state index in [9.17, 15) is 9.59 Å². The Morgan fingerprint density at radius 1 is 1.48 bits per heavy atom. The Hall–Kier alpha value is -1.60. The molecule has 0 amide bonds. The van der Waals surface area contributed by atoms with Crippen molar-refractivity contribution >= 4 is 28.6 Å². The minimum Gasteiger partial charge on any atom is -0.374 e. The van der Waals surface area contributed by atoms with Gasteiger partial charge in [0.25, 0.3) is 5.56 Å². The van der Waals surface area contributed by atoms with Crippen molar-refractivity contribution in [2.45, 2.75) is 32.4 Å². The summed E-state index contributed by atoms with van der Waals surface area (Å²) < 4.78 is 1.47. The van der Waals surface area contributed by atoms with Gasteiger partial charge in [-0.25, -0.2) is 4.68 Å². The lowest BCUT2D eigenvalue weighted by Gasteiger charge is -2.25. The van der Waals surface area contributed by atoms with Crippen LogP contribution in [0.1, 0.15) is 25.0 Å². The number of nitrogens with one attached hydrogen (secondary N) is 2. The van der Waals surface area contributed by atoms with Gasteiger partial charge in [0.1, 0.15) is 5.69 Å². The molecule has 0 aromatic carbocycles. The van der Waals surface area contributed by atoms with Crippen molar-refractivity contribution in [1.29, 1.82) is 0 Å². The van der Waals surface area contributed by atoms with E-state index in [0.717, 1.165) is 29.9 Å². The minimum absolute atomic E-state index is 0.116. The van der Waals surface area contributed by atoms with E-state index in [1.165, 1.54) is 17.3 Å². The van der Waals surface area contributed by atoms with Gasteiger partial charge < -0.3 is 10.3 Å². The standard InChI is InChI=1S/C13H15ClN4O2S/c14-10-5-16-18(6-8-2-1-3-8)12(19)11(10)15-4-9-7-21-13(20)17-9/h5,7-8,15H,1-4,6H2,(H,17,20). The van der Waals surface area contributed by atoms with E-state index in [1.807, 2.05) is 0 Å². The lowest BCUT2D eigenvalue weighted by molar-refractivity contribution is 0.262. The molecule has 0 radical (unpaired) electrons.